The summed E-state index contributed by atoms with van der Waals surface area (Å²) >= 11 is 0. The lowest BCUT2D eigenvalue weighted by atomic mass is 10.2. The van der Waals surface area contributed by atoms with E-state index >= 15 is 0 Å². The summed E-state index contributed by atoms with van der Waals surface area (Å²) < 4.78 is 7.71. The number of rotatable bonds is 6. The average Bonchev–Trinajstić information content (AvgIpc) is 2.48. The summed E-state index contributed by atoms with van der Waals surface area (Å²) in [7, 11) is 0. The van der Waals surface area contributed by atoms with E-state index in [1.807, 2.05) is 74.1 Å². The SMILES string of the molecule is Cc1cc[n+](CCC(=O)Nc2ccccc2OC(C)C)cc1. The van der Waals surface area contributed by atoms with Crippen molar-refractivity contribution in [2.75, 3.05) is 5.32 Å². The first-order valence-corrected chi connectivity index (χ1v) is 7.56. The Morgan fingerprint density at radius 1 is 1.18 bits per heavy atom. The number of amides is 1. The van der Waals surface area contributed by atoms with Crippen molar-refractivity contribution in [3.05, 3.63) is 54.4 Å². The van der Waals surface area contributed by atoms with Crippen molar-refractivity contribution >= 4 is 11.6 Å². The van der Waals surface area contributed by atoms with Gasteiger partial charge >= 0.3 is 0 Å². The zero-order valence-corrected chi connectivity index (χ0v) is 13.4. The third-order valence-electron chi connectivity index (χ3n) is 3.18. The Morgan fingerprint density at radius 2 is 1.86 bits per heavy atom. The molecule has 0 bridgehead atoms. The molecule has 0 aliphatic rings. The fraction of sp³-hybridized carbons (Fsp3) is 0.333. The summed E-state index contributed by atoms with van der Waals surface area (Å²) in [6.07, 6.45) is 4.46. The standard InChI is InChI=1S/C18H22N2O2/c1-14(2)22-17-7-5-4-6-16(17)19-18(21)10-13-20-11-8-15(3)9-12-20/h4-9,11-12,14H,10,13H2,1-3H3/p+1. The Hall–Kier alpha value is -2.36. The van der Waals surface area contributed by atoms with Gasteiger partial charge < -0.3 is 10.1 Å². The van der Waals surface area contributed by atoms with E-state index in [2.05, 4.69) is 5.32 Å². The molecule has 1 amide bonds. The van der Waals surface area contributed by atoms with Gasteiger partial charge in [0.05, 0.1) is 18.2 Å². The number of anilines is 1. The number of ether oxygens (including phenoxy) is 1. The molecular formula is C18H23N2O2+. The number of hydrogen-bond donors (Lipinski definition) is 1. The molecule has 0 fully saturated rings. The fourth-order valence-electron chi connectivity index (χ4n) is 2.05. The molecule has 0 saturated carbocycles. The number of benzene rings is 1. The van der Waals surface area contributed by atoms with Crippen LogP contribution in [0.25, 0.3) is 0 Å². The third-order valence-corrected chi connectivity index (χ3v) is 3.18. The molecule has 0 spiro atoms. The minimum absolute atomic E-state index is 0.0205. The number of hydrogen-bond acceptors (Lipinski definition) is 2. The summed E-state index contributed by atoms with van der Waals surface area (Å²) in [5.41, 5.74) is 1.93. The van der Waals surface area contributed by atoms with Gasteiger partial charge in [-0.25, -0.2) is 4.57 Å². The fourth-order valence-corrected chi connectivity index (χ4v) is 2.05. The highest BCUT2D eigenvalue weighted by molar-refractivity contribution is 5.92. The molecule has 0 unspecified atom stereocenters. The zero-order valence-electron chi connectivity index (χ0n) is 13.4. The van der Waals surface area contributed by atoms with Crippen LogP contribution in [-0.4, -0.2) is 12.0 Å². The van der Waals surface area contributed by atoms with Gasteiger partial charge in [-0.2, -0.15) is 0 Å². The number of aromatic nitrogens is 1. The highest BCUT2D eigenvalue weighted by Crippen LogP contribution is 2.24. The van der Waals surface area contributed by atoms with Crippen LogP contribution in [-0.2, 0) is 11.3 Å². The number of aryl methyl sites for hydroxylation is 2. The largest absolute Gasteiger partial charge is 0.489 e. The molecule has 116 valence electrons. The molecule has 0 atom stereocenters. The van der Waals surface area contributed by atoms with E-state index in [1.165, 1.54) is 5.56 Å². The van der Waals surface area contributed by atoms with Crippen LogP contribution in [0, 0.1) is 6.92 Å². The lowest BCUT2D eigenvalue weighted by Gasteiger charge is -2.14. The van der Waals surface area contributed by atoms with Gasteiger partial charge in [-0.1, -0.05) is 12.1 Å². The Bertz CT molecular complexity index is 621. The number of nitrogens with one attached hydrogen (secondary N) is 1. The van der Waals surface area contributed by atoms with Crippen LogP contribution in [0.4, 0.5) is 5.69 Å². The van der Waals surface area contributed by atoms with Gasteiger partial charge in [-0.05, 0) is 38.5 Å². The van der Waals surface area contributed by atoms with E-state index in [4.69, 9.17) is 4.74 Å². The Kier molecular flexibility index (Phi) is 5.53. The predicted molar refractivity (Wildman–Crippen MR) is 86.8 cm³/mol. The Labute approximate surface area is 131 Å². The number of pyridine rings is 1. The van der Waals surface area contributed by atoms with Crippen molar-refractivity contribution in [1.29, 1.82) is 0 Å². The van der Waals surface area contributed by atoms with Gasteiger partial charge in [0.1, 0.15) is 5.75 Å². The molecule has 1 aromatic carbocycles. The second-order valence-corrected chi connectivity index (χ2v) is 5.57. The summed E-state index contributed by atoms with van der Waals surface area (Å²) in [5.74, 6) is 0.682. The number of nitrogens with zero attached hydrogens (tertiary/aromatic N) is 1. The maximum atomic E-state index is 12.1. The van der Waals surface area contributed by atoms with E-state index in [0.29, 0.717) is 18.7 Å². The minimum Gasteiger partial charge on any atom is -0.489 e. The molecule has 0 aliphatic carbocycles. The molecule has 0 saturated heterocycles. The van der Waals surface area contributed by atoms with Gasteiger partial charge in [0.25, 0.3) is 0 Å². The van der Waals surface area contributed by atoms with Crippen LogP contribution in [0.1, 0.15) is 25.8 Å². The van der Waals surface area contributed by atoms with Crippen LogP contribution in [0.3, 0.4) is 0 Å². The molecule has 22 heavy (non-hydrogen) atoms. The van der Waals surface area contributed by atoms with Crippen LogP contribution in [0.2, 0.25) is 0 Å². The topological polar surface area (TPSA) is 42.2 Å². The average molecular weight is 299 g/mol. The van der Waals surface area contributed by atoms with Crippen LogP contribution < -0.4 is 14.6 Å². The minimum atomic E-state index is -0.0205. The Balaban J connectivity index is 1.93. The molecule has 2 aromatic rings. The molecule has 0 aliphatic heterocycles. The van der Waals surface area contributed by atoms with Crippen molar-refractivity contribution in [3.63, 3.8) is 0 Å². The summed E-state index contributed by atoms with van der Waals surface area (Å²) in [6, 6.07) is 11.6. The first-order chi connectivity index (χ1) is 10.5. The van der Waals surface area contributed by atoms with Gasteiger partial charge in [-0.15, -0.1) is 0 Å². The number of carbonyl (C=O) groups is 1. The highest BCUT2D eigenvalue weighted by Gasteiger charge is 2.10. The van der Waals surface area contributed by atoms with E-state index in [-0.39, 0.29) is 12.0 Å². The number of carbonyl (C=O) groups excluding carboxylic acids is 1. The lowest BCUT2D eigenvalue weighted by Crippen LogP contribution is -2.34. The second-order valence-electron chi connectivity index (χ2n) is 5.57. The van der Waals surface area contributed by atoms with Crippen molar-refractivity contribution in [2.45, 2.75) is 39.8 Å². The first-order valence-electron chi connectivity index (χ1n) is 7.56. The Morgan fingerprint density at radius 3 is 2.55 bits per heavy atom. The zero-order chi connectivity index (χ0) is 15.9. The smallest absolute Gasteiger partial charge is 0.230 e. The number of para-hydroxylation sites is 2. The molecule has 4 heteroatoms. The summed E-state index contributed by atoms with van der Waals surface area (Å²) in [4.78, 5) is 12.1. The molecule has 0 radical (unpaired) electrons. The molecule has 1 N–H and O–H groups in total. The second kappa shape index (κ2) is 7.59. The first kappa shape index (κ1) is 16.0. The predicted octanol–water partition coefficient (Wildman–Crippen LogP) is 3.10. The van der Waals surface area contributed by atoms with Crippen molar-refractivity contribution in [2.24, 2.45) is 0 Å². The highest BCUT2D eigenvalue weighted by atomic mass is 16.5. The van der Waals surface area contributed by atoms with Crippen LogP contribution in [0.15, 0.2) is 48.8 Å². The summed E-state index contributed by atoms with van der Waals surface area (Å²) in [5, 5.41) is 2.92. The molecule has 1 heterocycles. The van der Waals surface area contributed by atoms with E-state index < -0.39 is 0 Å². The molecular weight excluding hydrogens is 276 g/mol. The molecule has 1 aromatic heterocycles. The van der Waals surface area contributed by atoms with Crippen molar-refractivity contribution in [1.82, 2.24) is 0 Å². The maximum absolute atomic E-state index is 12.1. The van der Waals surface area contributed by atoms with Crippen LogP contribution >= 0.6 is 0 Å². The van der Waals surface area contributed by atoms with Gasteiger partial charge in [0, 0.05) is 12.1 Å². The normalized spacial score (nSPS) is 10.5. The molecule has 2 rings (SSSR count). The summed E-state index contributed by atoms with van der Waals surface area (Å²) in [6.45, 7) is 6.63. The van der Waals surface area contributed by atoms with Crippen molar-refractivity contribution in [3.8, 4) is 5.75 Å². The van der Waals surface area contributed by atoms with Crippen molar-refractivity contribution < 1.29 is 14.1 Å². The third kappa shape index (κ3) is 4.88. The quantitative estimate of drug-likeness (QED) is 0.833. The maximum Gasteiger partial charge on any atom is 0.230 e. The van der Waals surface area contributed by atoms with Gasteiger partial charge in [0.15, 0.2) is 18.9 Å². The van der Waals surface area contributed by atoms with Gasteiger partial charge in [0.2, 0.25) is 5.91 Å². The lowest BCUT2D eigenvalue weighted by molar-refractivity contribution is -0.695. The van der Waals surface area contributed by atoms with E-state index in [9.17, 15) is 4.79 Å². The van der Waals surface area contributed by atoms with Crippen LogP contribution in [0.5, 0.6) is 5.75 Å². The van der Waals surface area contributed by atoms with Gasteiger partial charge in [-0.3, -0.25) is 4.79 Å². The van der Waals surface area contributed by atoms with E-state index in [1.54, 1.807) is 0 Å². The molecule has 4 nitrogen and oxygen atoms in total. The monoisotopic (exact) mass is 299 g/mol. The van der Waals surface area contributed by atoms with E-state index in [0.717, 1.165) is 5.69 Å².